The molecule has 1 aliphatic rings. The van der Waals surface area contributed by atoms with E-state index in [4.69, 9.17) is 23.8 Å². The molecule has 0 saturated carbocycles. The van der Waals surface area contributed by atoms with Crippen molar-refractivity contribution in [3.05, 3.63) is 21.9 Å². The van der Waals surface area contributed by atoms with Gasteiger partial charge >= 0.3 is 0 Å². The van der Waals surface area contributed by atoms with E-state index in [1.807, 2.05) is 0 Å². The fourth-order valence-corrected chi connectivity index (χ4v) is 4.11. The monoisotopic (exact) mass is 292 g/mol. The Labute approximate surface area is 111 Å². The Kier molecular flexibility index (Phi) is 3.87. The summed E-state index contributed by atoms with van der Waals surface area (Å²) in [6.45, 7) is 1.12. The Morgan fingerprint density at radius 1 is 1.24 bits per heavy atom. The van der Waals surface area contributed by atoms with Crippen LogP contribution >= 0.6 is 23.8 Å². The molecule has 0 aromatic carbocycles. The summed E-state index contributed by atoms with van der Waals surface area (Å²) >= 11 is 10.9. The lowest BCUT2D eigenvalue weighted by Gasteiger charge is -2.25. The highest BCUT2D eigenvalue weighted by molar-refractivity contribution is 7.89. The van der Waals surface area contributed by atoms with Gasteiger partial charge in [-0.3, -0.25) is 0 Å². The van der Waals surface area contributed by atoms with E-state index in [-0.39, 0.29) is 14.4 Å². The van der Waals surface area contributed by atoms with E-state index in [1.54, 1.807) is 0 Å². The Bertz CT molecular complexity index is 562. The van der Waals surface area contributed by atoms with E-state index in [0.29, 0.717) is 13.1 Å². The number of nitrogens with zero attached hydrogens (tertiary/aromatic N) is 1. The van der Waals surface area contributed by atoms with Crippen molar-refractivity contribution in [3.8, 4) is 0 Å². The van der Waals surface area contributed by atoms with Crippen molar-refractivity contribution < 1.29 is 8.42 Å². The van der Waals surface area contributed by atoms with E-state index < -0.39 is 10.0 Å². The zero-order chi connectivity index (χ0) is 12.5. The molecule has 0 radical (unpaired) electrons. The molecule has 0 bridgehead atoms. The topological polar surface area (TPSA) is 53.2 Å². The van der Waals surface area contributed by atoms with Gasteiger partial charge in [0.25, 0.3) is 0 Å². The summed E-state index contributed by atoms with van der Waals surface area (Å²) in [5, 5.41) is 0.262. The second-order valence-corrected chi connectivity index (χ2v) is 6.68. The van der Waals surface area contributed by atoms with Crippen LogP contribution in [0.25, 0.3) is 0 Å². The Morgan fingerprint density at radius 3 is 2.53 bits per heavy atom. The summed E-state index contributed by atoms with van der Waals surface area (Å²) in [5.74, 6) is 0. The molecule has 1 saturated heterocycles. The van der Waals surface area contributed by atoms with Crippen molar-refractivity contribution in [1.29, 1.82) is 0 Å². The molecule has 4 nitrogen and oxygen atoms in total. The molecule has 1 aliphatic heterocycles. The zero-order valence-electron chi connectivity index (χ0n) is 9.15. The molecule has 2 rings (SSSR count). The maximum atomic E-state index is 12.3. The van der Waals surface area contributed by atoms with Crippen LogP contribution in [0.4, 0.5) is 0 Å². The average Bonchev–Trinajstić information content (AvgIpc) is 2.33. The summed E-state index contributed by atoms with van der Waals surface area (Å²) in [6, 6.07) is 0. The lowest BCUT2D eigenvalue weighted by atomic mass is 10.2. The number of aromatic nitrogens is 1. The van der Waals surface area contributed by atoms with Crippen molar-refractivity contribution in [2.45, 2.75) is 24.2 Å². The van der Waals surface area contributed by atoms with Crippen LogP contribution in [-0.4, -0.2) is 30.8 Å². The highest BCUT2D eigenvalue weighted by Crippen LogP contribution is 2.23. The van der Waals surface area contributed by atoms with E-state index in [1.165, 1.54) is 16.7 Å². The molecular formula is C10H13ClN2O2S2. The minimum absolute atomic E-state index is 0.0990. The number of aromatic amines is 1. The molecule has 94 valence electrons. The third kappa shape index (κ3) is 2.54. The van der Waals surface area contributed by atoms with E-state index >= 15 is 0 Å². The molecule has 1 fully saturated rings. The molecule has 0 amide bonds. The van der Waals surface area contributed by atoms with Gasteiger partial charge in [-0.2, -0.15) is 4.31 Å². The minimum atomic E-state index is -3.50. The van der Waals surface area contributed by atoms with Gasteiger partial charge in [-0.25, -0.2) is 8.42 Å². The normalized spacial score (nSPS) is 18.2. The van der Waals surface area contributed by atoms with E-state index in [2.05, 4.69) is 4.98 Å². The van der Waals surface area contributed by atoms with Crippen LogP contribution in [0, 0.1) is 4.51 Å². The molecular weight excluding hydrogens is 280 g/mol. The maximum Gasteiger partial charge on any atom is 0.246 e. The summed E-state index contributed by atoms with van der Waals surface area (Å²) in [4.78, 5) is 2.81. The summed E-state index contributed by atoms with van der Waals surface area (Å²) in [7, 11) is -3.50. The highest BCUT2D eigenvalue weighted by Gasteiger charge is 2.27. The first-order valence-electron chi connectivity index (χ1n) is 5.40. The molecule has 1 aromatic heterocycles. The maximum absolute atomic E-state index is 12.3. The molecule has 17 heavy (non-hydrogen) atoms. The van der Waals surface area contributed by atoms with Crippen molar-refractivity contribution >= 4 is 33.8 Å². The lowest BCUT2D eigenvalue weighted by Crippen LogP contribution is -2.35. The van der Waals surface area contributed by atoms with E-state index in [0.717, 1.165) is 19.3 Å². The summed E-state index contributed by atoms with van der Waals surface area (Å²) in [6.07, 6.45) is 5.76. The molecule has 1 aromatic rings. The minimum Gasteiger partial charge on any atom is -0.365 e. The molecule has 7 heteroatoms. The third-order valence-corrected chi connectivity index (χ3v) is 5.70. The Balaban J connectivity index is 2.44. The highest BCUT2D eigenvalue weighted by atomic mass is 35.5. The van der Waals surface area contributed by atoms with Crippen LogP contribution in [-0.2, 0) is 10.0 Å². The van der Waals surface area contributed by atoms with Gasteiger partial charge in [-0.15, -0.1) is 0 Å². The van der Waals surface area contributed by atoms with Crippen molar-refractivity contribution in [2.75, 3.05) is 13.1 Å². The largest absolute Gasteiger partial charge is 0.365 e. The van der Waals surface area contributed by atoms with Crippen LogP contribution < -0.4 is 0 Å². The van der Waals surface area contributed by atoms with Crippen LogP contribution in [0.3, 0.4) is 0 Å². The molecule has 0 aliphatic carbocycles. The fraction of sp³-hybridized carbons (Fsp3) is 0.500. The second kappa shape index (κ2) is 5.06. The quantitative estimate of drug-likeness (QED) is 0.853. The van der Waals surface area contributed by atoms with Crippen LogP contribution in [0.15, 0.2) is 17.3 Å². The number of halogens is 1. The number of sulfonamides is 1. The Morgan fingerprint density at radius 2 is 1.88 bits per heavy atom. The lowest BCUT2D eigenvalue weighted by molar-refractivity contribution is 0.346. The first-order chi connectivity index (χ1) is 8.03. The third-order valence-electron chi connectivity index (χ3n) is 2.80. The smallest absolute Gasteiger partial charge is 0.246 e. The summed E-state index contributed by atoms with van der Waals surface area (Å²) in [5.41, 5.74) is 0. The molecule has 2 heterocycles. The molecule has 1 N–H and O–H groups in total. The predicted octanol–water partition coefficient (Wildman–Crippen LogP) is 2.57. The van der Waals surface area contributed by atoms with Gasteiger partial charge in [0.2, 0.25) is 10.0 Å². The van der Waals surface area contributed by atoms with Crippen LogP contribution in [0.2, 0.25) is 5.02 Å². The molecule has 0 atom stereocenters. The van der Waals surface area contributed by atoms with Crippen molar-refractivity contribution in [2.24, 2.45) is 0 Å². The number of rotatable bonds is 2. The fourth-order valence-electron chi connectivity index (χ4n) is 1.88. The van der Waals surface area contributed by atoms with Gasteiger partial charge in [0.1, 0.15) is 4.90 Å². The number of pyridine rings is 1. The van der Waals surface area contributed by atoms with Gasteiger partial charge in [0.15, 0.2) is 0 Å². The van der Waals surface area contributed by atoms with Gasteiger partial charge in [-0.1, -0.05) is 30.2 Å². The number of H-pyrrole nitrogens is 1. The van der Waals surface area contributed by atoms with Gasteiger partial charge in [0.05, 0.1) is 9.53 Å². The number of hydrogen-bond donors (Lipinski definition) is 1. The van der Waals surface area contributed by atoms with Gasteiger partial charge in [-0.05, 0) is 12.8 Å². The molecule has 0 spiro atoms. The number of nitrogens with one attached hydrogen (secondary N) is 1. The predicted molar refractivity (Wildman–Crippen MR) is 69.2 cm³/mol. The standard InChI is InChI=1S/C10H13ClN2O2S2/c11-8-6-12-7-9(10(8)16)17(14,15)13-4-2-1-3-5-13/h6-7H,1-5H2,(H,12,16). The second-order valence-electron chi connectivity index (χ2n) is 3.96. The zero-order valence-corrected chi connectivity index (χ0v) is 11.5. The molecule has 0 unspecified atom stereocenters. The summed E-state index contributed by atoms with van der Waals surface area (Å²) < 4.78 is 26.4. The number of piperidine rings is 1. The Hall–Kier alpha value is -0.430. The van der Waals surface area contributed by atoms with Crippen LogP contribution in [0.1, 0.15) is 19.3 Å². The van der Waals surface area contributed by atoms with E-state index in [9.17, 15) is 8.42 Å². The average molecular weight is 293 g/mol. The van der Waals surface area contributed by atoms with Crippen LogP contribution in [0.5, 0.6) is 0 Å². The first kappa shape index (κ1) is 13.0. The van der Waals surface area contributed by atoms with Gasteiger partial charge in [0, 0.05) is 25.5 Å². The van der Waals surface area contributed by atoms with Crippen molar-refractivity contribution in [3.63, 3.8) is 0 Å². The first-order valence-corrected chi connectivity index (χ1v) is 7.63. The van der Waals surface area contributed by atoms with Gasteiger partial charge < -0.3 is 4.98 Å². The SMILES string of the molecule is O=S(=O)(c1c[nH]cc(Cl)c1=S)N1CCCCC1. The van der Waals surface area contributed by atoms with Crippen molar-refractivity contribution in [1.82, 2.24) is 9.29 Å². The number of hydrogen-bond acceptors (Lipinski definition) is 3.